The fourth-order valence-corrected chi connectivity index (χ4v) is 4.21. The molecular weight excluding hydrogens is 320 g/mol. The Bertz CT molecular complexity index is 583. The number of hydrogen-bond acceptors (Lipinski definition) is 3. The molecule has 0 radical (unpaired) electrons. The number of rotatable bonds is 6. The largest absolute Gasteiger partial charge is 0.411 e. The SMILES string of the molecule is CC(C)(CNC(=O)c1cccc(Cl)c1C(N)=O)O[Si](C)(C)C. The molecule has 0 bridgehead atoms. The van der Waals surface area contributed by atoms with Crippen molar-refractivity contribution in [1.29, 1.82) is 0 Å². The smallest absolute Gasteiger partial charge is 0.252 e. The summed E-state index contributed by atoms with van der Waals surface area (Å²) in [7, 11) is -1.73. The van der Waals surface area contributed by atoms with Crippen LogP contribution in [0.2, 0.25) is 24.7 Å². The number of carbonyl (C=O) groups is 2. The van der Waals surface area contributed by atoms with Crippen molar-refractivity contribution in [3.63, 3.8) is 0 Å². The van der Waals surface area contributed by atoms with Gasteiger partial charge in [-0.1, -0.05) is 17.7 Å². The summed E-state index contributed by atoms with van der Waals surface area (Å²) < 4.78 is 6.02. The van der Waals surface area contributed by atoms with E-state index in [4.69, 9.17) is 21.8 Å². The van der Waals surface area contributed by atoms with Gasteiger partial charge < -0.3 is 15.5 Å². The number of nitrogens with two attached hydrogens (primary N) is 1. The second kappa shape index (κ2) is 6.81. The predicted octanol–water partition coefficient (Wildman–Crippen LogP) is 2.80. The van der Waals surface area contributed by atoms with Gasteiger partial charge in [-0.25, -0.2) is 0 Å². The normalized spacial score (nSPS) is 12.1. The first kappa shape index (κ1) is 18.7. The van der Waals surface area contributed by atoms with Gasteiger partial charge in [0.05, 0.1) is 21.8 Å². The number of halogens is 1. The molecule has 22 heavy (non-hydrogen) atoms. The van der Waals surface area contributed by atoms with Crippen LogP contribution < -0.4 is 11.1 Å². The van der Waals surface area contributed by atoms with Gasteiger partial charge in [-0.15, -0.1) is 0 Å². The first-order valence-corrected chi connectivity index (χ1v) is 10.8. The van der Waals surface area contributed by atoms with E-state index in [1.807, 2.05) is 13.8 Å². The Morgan fingerprint density at radius 2 is 1.91 bits per heavy atom. The molecule has 0 aliphatic rings. The molecule has 0 heterocycles. The zero-order valence-corrected chi connectivity index (χ0v) is 15.4. The van der Waals surface area contributed by atoms with Crippen molar-refractivity contribution in [1.82, 2.24) is 5.32 Å². The van der Waals surface area contributed by atoms with Crippen LogP contribution in [-0.4, -0.2) is 32.3 Å². The molecule has 2 amide bonds. The Labute approximate surface area is 137 Å². The van der Waals surface area contributed by atoms with Crippen molar-refractivity contribution in [3.05, 3.63) is 34.3 Å². The second-order valence-electron chi connectivity index (χ2n) is 6.68. The minimum Gasteiger partial charge on any atom is -0.411 e. The zero-order valence-electron chi connectivity index (χ0n) is 13.6. The van der Waals surface area contributed by atoms with Gasteiger partial charge in [-0.05, 0) is 45.6 Å². The lowest BCUT2D eigenvalue weighted by molar-refractivity contribution is 0.0793. The number of amides is 2. The number of primary amides is 1. The summed E-state index contributed by atoms with van der Waals surface area (Å²) in [6.45, 7) is 10.4. The highest BCUT2D eigenvalue weighted by Crippen LogP contribution is 2.20. The Morgan fingerprint density at radius 3 is 2.41 bits per heavy atom. The maximum absolute atomic E-state index is 12.3. The van der Waals surface area contributed by atoms with Gasteiger partial charge in [0.15, 0.2) is 8.32 Å². The Hall–Kier alpha value is -1.37. The third-order valence-electron chi connectivity index (χ3n) is 2.76. The van der Waals surface area contributed by atoms with Crippen molar-refractivity contribution in [2.75, 3.05) is 6.54 Å². The van der Waals surface area contributed by atoms with Gasteiger partial charge in [-0.3, -0.25) is 9.59 Å². The first-order chi connectivity index (χ1) is 9.93. The van der Waals surface area contributed by atoms with E-state index in [1.165, 1.54) is 12.1 Å². The molecule has 0 spiro atoms. The molecule has 0 aromatic heterocycles. The zero-order chi connectivity index (χ0) is 17.1. The minimum atomic E-state index is -1.73. The molecule has 3 N–H and O–H groups in total. The number of hydrogen-bond donors (Lipinski definition) is 2. The van der Waals surface area contributed by atoms with E-state index in [0.717, 1.165) is 0 Å². The van der Waals surface area contributed by atoms with Gasteiger partial charge in [-0.2, -0.15) is 0 Å². The highest BCUT2D eigenvalue weighted by atomic mass is 35.5. The first-order valence-electron chi connectivity index (χ1n) is 7.00. The molecular formula is C15H23ClN2O3Si. The standard InChI is InChI=1S/C15H23ClN2O3Si/c1-15(2,21-22(3,4)5)9-18-14(20)10-7-6-8-11(16)12(10)13(17)19/h6-8H,9H2,1-5H3,(H2,17,19)(H,18,20). The average Bonchev–Trinajstić information content (AvgIpc) is 2.32. The average molecular weight is 343 g/mol. The summed E-state index contributed by atoms with van der Waals surface area (Å²) in [6, 6.07) is 4.65. The van der Waals surface area contributed by atoms with Gasteiger partial charge in [0.1, 0.15) is 0 Å². The summed E-state index contributed by atoms with van der Waals surface area (Å²) >= 11 is 5.95. The molecule has 0 aliphatic heterocycles. The Kier molecular flexibility index (Phi) is 5.78. The van der Waals surface area contributed by atoms with E-state index in [1.54, 1.807) is 6.07 Å². The quantitative estimate of drug-likeness (QED) is 0.780. The predicted molar refractivity (Wildman–Crippen MR) is 90.8 cm³/mol. The van der Waals surface area contributed by atoms with Crippen LogP contribution in [0.5, 0.6) is 0 Å². The van der Waals surface area contributed by atoms with Gasteiger partial charge in [0, 0.05) is 6.54 Å². The van der Waals surface area contributed by atoms with E-state index in [2.05, 4.69) is 25.0 Å². The Balaban J connectivity index is 2.87. The molecule has 5 nitrogen and oxygen atoms in total. The number of carbonyl (C=O) groups excluding carboxylic acids is 2. The number of benzene rings is 1. The van der Waals surface area contributed by atoms with E-state index in [-0.39, 0.29) is 16.1 Å². The molecule has 1 rings (SSSR count). The van der Waals surface area contributed by atoms with E-state index in [0.29, 0.717) is 6.54 Å². The van der Waals surface area contributed by atoms with E-state index >= 15 is 0 Å². The summed E-state index contributed by atoms with van der Waals surface area (Å²) in [4.78, 5) is 23.8. The summed E-state index contributed by atoms with van der Waals surface area (Å²) in [5, 5.41) is 2.94. The van der Waals surface area contributed by atoms with Crippen molar-refractivity contribution < 1.29 is 14.0 Å². The highest BCUT2D eigenvalue weighted by molar-refractivity contribution is 6.69. The van der Waals surface area contributed by atoms with Gasteiger partial charge in [0.25, 0.3) is 11.8 Å². The lowest BCUT2D eigenvalue weighted by Crippen LogP contribution is -2.46. The number of nitrogens with one attached hydrogen (secondary N) is 1. The maximum Gasteiger partial charge on any atom is 0.252 e. The van der Waals surface area contributed by atoms with Crippen LogP contribution >= 0.6 is 11.6 Å². The van der Waals surface area contributed by atoms with Crippen molar-refractivity contribution in [3.8, 4) is 0 Å². The molecule has 122 valence electrons. The fourth-order valence-electron chi connectivity index (χ4n) is 2.22. The molecule has 1 aromatic carbocycles. The molecule has 0 saturated carbocycles. The van der Waals surface area contributed by atoms with Crippen LogP contribution in [0.15, 0.2) is 18.2 Å². The van der Waals surface area contributed by atoms with Crippen LogP contribution in [-0.2, 0) is 4.43 Å². The van der Waals surface area contributed by atoms with Crippen LogP contribution in [0.25, 0.3) is 0 Å². The lowest BCUT2D eigenvalue weighted by atomic mass is 10.1. The molecule has 0 fully saturated rings. The lowest BCUT2D eigenvalue weighted by Gasteiger charge is -2.33. The van der Waals surface area contributed by atoms with Crippen LogP contribution in [0.4, 0.5) is 0 Å². The summed E-state index contributed by atoms with van der Waals surface area (Å²) in [6.07, 6.45) is 0. The third kappa shape index (κ3) is 5.44. The topological polar surface area (TPSA) is 81.4 Å². The molecule has 0 unspecified atom stereocenters. The van der Waals surface area contributed by atoms with Crippen LogP contribution in [0.1, 0.15) is 34.6 Å². The molecule has 0 atom stereocenters. The molecule has 0 saturated heterocycles. The van der Waals surface area contributed by atoms with E-state index in [9.17, 15) is 9.59 Å². The van der Waals surface area contributed by atoms with Crippen LogP contribution in [0.3, 0.4) is 0 Å². The van der Waals surface area contributed by atoms with Crippen molar-refractivity contribution in [2.24, 2.45) is 5.73 Å². The second-order valence-corrected chi connectivity index (χ2v) is 11.5. The summed E-state index contributed by atoms with van der Waals surface area (Å²) in [5.41, 5.74) is 5.00. The molecule has 1 aromatic rings. The van der Waals surface area contributed by atoms with E-state index < -0.39 is 25.7 Å². The third-order valence-corrected chi connectivity index (χ3v) is 4.24. The van der Waals surface area contributed by atoms with Crippen LogP contribution in [0, 0.1) is 0 Å². The van der Waals surface area contributed by atoms with Gasteiger partial charge >= 0.3 is 0 Å². The maximum atomic E-state index is 12.3. The van der Waals surface area contributed by atoms with Crippen molar-refractivity contribution in [2.45, 2.75) is 39.1 Å². The minimum absolute atomic E-state index is 0.0330. The molecule has 7 heteroatoms. The fraction of sp³-hybridized carbons (Fsp3) is 0.467. The van der Waals surface area contributed by atoms with Crippen molar-refractivity contribution >= 4 is 31.7 Å². The molecule has 0 aliphatic carbocycles. The Morgan fingerprint density at radius 1 is 1.32 bits per heavy atom. The van der Waals surface area contributed by atoms with Gasteiger partial charge in [0.2, 0.25) is 0 Å². The monoisotopic (exact) mass is 342 g/mol. The highest BCUT2D eigenvalue weighted by Gasteiger charge is 2.28. The summed E-state index contributed by atoms with van der Waals surface area (Å²) in [5.74, 6) is -1.13.